The number of aromatic nitrogens is 3. The Morgan fingerprint density at radius 2 is 1.93 bits per heavy atom. The van der Waals surface area contributed by atoms with Gasteiger partial charge in [0.1, 0.15) is 11.6 Å². The fourth-order valence-electron chi connectivity index (χ4n) is 3.79. The van der Waals surface area contributed by atoms with Crippen LogP contribution in [-0.2, 0) is 17.9 Å². The van der Waals surface area contributed by atoms with E-state index in [4.69, 9.17) is 0 Å². The van der Waals surface area contributed by atoms with Crippen LogP contribution < -0.4 is 5.32 Å². The number of benzene rings is 1. The van der Waals surface area contributed by atoms with E-state index in [1.54, 1.807) is 11.8 Å². The largest absolute Gasteiger partial charge is 0.342 e. The van der Waals surface area contributed by atoms with Gasteiger partial charge in [-0.2, -0.15) is 0 Å². The third kappa shape index (κ3) is 4.47. The summed E-state index contributed by atoms with van der Waals surface area (Å²) in [4.78, 5) is 16.0. The van der Waals surface area contributed by atoms with Gasteiger partial charge in [-0.25, -0.2) is 0 Å². The second-order valence-electron chi connectivity index (χ2n) is 6.98. The van der Waals surface area contributed by atoms with E-state index in [-0.39, 0.29) is 23.6 Å². The number of thioether (sulfide) groups is 1. The Labute approximate surface area is 170 Å². The molecule has 1 atom stereocenters. The number of fused-ring (bicyclic) bond motifs is 1. The van der Waals surface area contributed by atoms with Gasteiger partial charge in [0.15, 0.2) is 0 Å². The summed E-state index contributed by atoms with van der Waals surface area (Å²) in [6, 6.07) is 10.1. The molecule has 0 radical (unpaired) electrons. The lowest BCUT2D eigenvalue weighted by Crippen LogP contribution is -2.42. The van der Waals surface area contributed by atoms with Crippen LogP contribution in [0.2, 0.25) is 0 Å². The molecule has 1 saturated heterocycles. The average molecular weight is 408 g/mol. The highest BCUT2D eigenvalue weighted by Gasteiger charge is 2.30. The first kappa shape index (κ1) is 20.2. The lowest BCUT2D eigenvalue weighted by Gasteiger charge is -2.33. The molecule has 1 fully saturated rings. The standard InChI is InChI=1S/C19H25N5OS.ClH/c1-14(26-16-5-3-2-4-6-16)19(25)23-10-7-15(8-11-23)18-22-21-17-13-20-9-12-24(17)18;/h2-6,14-15,20H,7-13H2,1H3;1H. The third-order valence-electron chi connectivity index (χ3n) is 5.23. The molecule has 27 heavy (non-hydrogen) atoms. The number of piperidine rings is 1. The molecule has 146 valence electrons. The summed E-state index contributed by atoms with van der Waals surface area (Å²) in [7, 11) is 0. The molecule has 0 aliphatic carbocycles. The molecule has 8 heteroatoms. The Morgan fingerprint density at radius 3 is 2.67 bits per heavy atom. The van der Waals surface area contributed by atoms with Crippen LogP contribution in [0.15, 0.2) is 35.2 Å². The summed E-state index contributed by atoms with van der Waals surface area (Å²) in [5.74, 6) is 2.80. The van der Waals surface area contributed by atoms with Crippen LogP contribution in [0.3, 0.4) is 0 Å². The molecular weight excluding hydrogens is 382 g/mol. The zero-order chi connectivity index (χ0) is 17.9. The number of carbonyl (C=O) groups excluding carboxylic acids is 1. The molecule has 2 aliphatic heterocycles. The van der Waals surface area contributed by atoms with E-state index in [2.05, 4.69) is 32.2 Å². The molecule has 1 aromatic carbocycles. The Balaban J connectivity index is 0.00000210. The van der Waals surface area contributed by atoms with Crippen molar-refractivity contribution in [2.75, 3.05) is 19.6 Å². The van der Waals surface area contributed by atoms with Crippen molar-refractivity contribution >= 4 is 30.1 Å². The quantitative estimate of drug-likeness (QED) is 0.789. The van der Waals surface area contributed by atoms with Crippen LogP contribution >= 0.6 is 24.2 Å². The molecule has 4 rings (SSSR count). The number of halogens is 1. The van der Waals surface area contributed by atoms with E-state index >= 15 is 0 Å². The van der Waals surface area contributed by atoms with Crippen molar-refractivity contribution in [3.05, 3.63) is 42.0 Å². The fraction of sp³-hybridized carbons (Fsp3) is 0.526. The molecule has 0 spiro atoms. The van der Waals surface area contributed by atoms with E-state index in [9.17, 15) is 4.79 Å². The maximum Gasteiger partial charge on any atom is 0.235 e. The molecule has 0 bridgehead atoms. The SMILES string of the molecule is CC(Sc1ccccc1)C(=O)N1CCC(c2nnc3n2CCNC3)CC1.Cl. The van der Waals surface area contributed by atoms with E-state index < -0.39 is 0 Å². The van der Waals surface area contributed by atoms with Crippen molar-refractivity contribution in [2.45, 2.75) is 48.9 Å². The summed E-state index contributed by atoms with van der Waals surface area (Å²) in [5.41, 5.74) is 0. The molecule has 3 heterocycles. The predicted octanol–water partition coefficient (Wildman–Crippen LogP) is 2.69. The zero-order valence-electron chi connectivity index (χ0n) is 15.5. The van der Waals surface area contributed by atoms with Crippen LogP contribution in [0, 0.1) is 0 Å². The number of nitrogens with one attached hydrogen (secondary N) is 1. The number of hydrogen-bond acceptors (Lipinski definition) is 5. The Kier molecular flexibility index (Phi) is 6.78. The Bertz CT molecular complexity index is 761. The first-order valence-electron chi connectivity index (χ1n) is 9.35. The summed E-state index contributed by atoms with van der Waals surface area (Å²) >= 11 is 1.64. The van der Waals surface area contributed by atoms with E-state index in [1.807, 2.05) is 30.0 Å². The molecule has 2 aromatic rings. The maximum atomic E-state index is 12.8. The average Bonchev–Trinajstić information content (AvgIpc) is 3.12. The van der Waals surface area contributed by atoms with Crippen molar-refractivity contribution in [3.8, 4) is 0 Å². The highest BCUT2D eigenvalue weighted by molar-refractivity contribution is 8.00. The van der Waals surface area contributed by atoms with Crippen LogP contribution in [0.4, 0.5) is 0 Å². The van der Waals surface area contributed by atoms with E-state index in [0.717, 1.165) is 62.1 Å². The molecule has 6 nitrogen and oxygen atoms in total. The normalized spacial score (nSPS) is 18.5. The Morgan fingerprint density at radius 1 is 1.19 bits per heavy atom. The van der Waals surface area contributed by atoms with Crippen LogP contribution in [0.25, 0.3) is 0 Å². The molecule has 1 N–H and O–H groups in total. The van der Waals surface area contributed by atoms with Gasteiger partial charge < -0.3 is 14.8 Å². The number of rotatable bonds is 4. The van der Waals surface area contributed by atoms with E-state index in [0.29, 0.717) is 5.92 Å². The van der Waals surface area contributed by atoms with Crippen molar-refractivity contribution in [1.29, 1.82) is 0 Å². The highest BCUT2D eigenvalue weighted by atomic mass is 35.5. The van der Waals surface area contributed by atoms with Gasteiger partial charge in [0.05, 0.1) is 11.8 Å². The summed E-state index contributed by atoms with van der Waals surface area (Å²) in [6.45, 7) is 6.35. The molecule has 1 unspecified atom stereocenters. The lowest BCUT2D eigenvalue weighted by molar-refractivity contribution is -0.131. The van der Waals surface area contributed by atoms with Gasteiger partial charge >= 0.3 is 0 Å². The van der Waals surface area contributed by atoms with Gasteiger partial charge in [-0.15, -0.1) is 34.4 Å². The van der Waals surface area contributed by atoms with Crippen molar-refractivity contribution < 1.29 is 4.79 Å². The molecule has 1 aromatic heterocycles. The minimum Gasteiger partial charge on any atom is -0.342 e. The number of likely N-dealkylation sites (tertiary alicyclic amines) is 1. The molecule has 0 saturated carbocycles. The smallest absolute Gasteiger partial charge is 0.235 e. The second kappa shape index (κ2) is 9.08. The third-order valence-corrected chi connectivity index (χ3v) is 6.33. The van der Waals surface area contributed by atoms with Crippen LogP contribution in [0.1, 0.15) is 37.3 Å². The monoisotopic (exact) mass is 407 g/mol. The highest BCUT2D eigenvalue weighted by Crippen LogP contribution is 2.30. The van der Waals surface area contributed by atoms with Crippen LogP contribution in [0.5, 0.6) is 0 Å². The lowest BCUT2D eigenvalue weighted by atomic mass is 9.95. The number of amides is 1. The van der Waals surface area contributed by atoms with Gasteiger partial charge in [0.25, 0.3) is 0 Å². The fourth-order valence-corrected chi connectivity index (χ4v) is 4.76. The van der Waals surface area contributed by atoms with Gasteiger partial charge in [-0.1, -0.05) is 18.2 Å². The van der Waals surface area contributed by atoms with Crippen molar-refractivity contribution in [1.82, 2.24) is 25.0 Å². The summed E-state index contributed by atoms with van der Waals surface area (Å²) in [5, 5.41) is 12.1. The predicted molar refractivity (Wildman–Crippen MR) is 109 cm³/mol. The zero-order valence-corrected chi connectivity index (χ0v) is 17.1. The minimum atomic E-state index is -0.0547. The van der Waals surface area contributed by atoms with Gasteiger partial charge in [0.2, 0.25) is 5.91 Å². The first-order chi connectivity index (χ1) is 12.7. The van der Waals surface area contributed by atoms with Crippen LogP contribution in [-0.4, -0.2) is 50.5 Å². The van der Waals surface area contributed by atoms with E-state index in [1.165, 1.54) is 0 Å². The second-order valence-corrected chi connectivity index (χ2v) is 8.39. The minimum absolute atomic E-state index is 0. The topological polar surface area (TPSA) is 63.1 Å². The molecule has 2 aliphatic rings. The van der Waals surface area contributed by atoms with Gasteiger partial charge in [-0.3, -0.25) is 4.79 Å². The van der Waals surface area contributed by atoms with Crippen molar-refractivity contribution in [2.24, 2.45) is 0 Å². The Hall–Kier alpha value is -1.57. The number of nitrogens with zero attached hydrogens (tertiary/aromatic N) is 4. The molecule has 1 amide bonds. The van der Waals surface area contributed by atoms with Gasteiger partial charge in [-0.05, 0) is 31.9 Å². The van der Waals surface area contributed by atoms with Gasteiger partial charge in [0, 0.05) is 37.0 Å². The maximum absolute atomic E-state index is 12.8. The number of hydrogen-bond donors (Lipinski definition) is 1. The number of carbonyl (C=O) groups is 1. The first-order valence-corrected chi connectivity index (χ1v) is 10.2. The summed E-state index contributed by atoms with van der Waals surface area (Å²) < 4.78 is 2.27. The molecular formula is C19H26ClN5OS. The van der Waals surface area contributed by atoms with Crippen molar-refractivity contribution in [3.63, 3.8) is 0 Å². The summed E-state index contributed by atoms with van der Waals surface area (Å²) in [6.07, 6.45) is 1.94.